The van der Waals surface area contributed by atoms with Crippen molar-refractivity contribution in [2.75, 3.05) is 14.2 Å². The number of hydrogen-bond acceptors (Lipinski definition) is 2. The van der Waals surface area contributed by atoms with E-state index in [0.29, 0.717) is 13.0 Å². The van der Waals surface area contributed by atoms with Gasteiger partial charge in [0.15, 0.2) is 0 Å². The van der Waals surface area contributed by atoms with Crippen molar-refractivity contribution in [2.24, 2.45) is 0 Å². The lowest BCUT2D eigenvalue weighted by molar-refractivity contribution is -0.130. The van der Waals surface area contributed by atoms with Gasteiger partial charge in [-0.05, 0) is 23.3 Å². The van der Waals surface area contributed by atoms with Gasteiger partial charge in [-0.25, -0.2) is 0 Å². The number of benzene rings is 1. The summed E-state index contributed by atoms with van der Waals surface area (Å²) in [5, 5.41) is 0. The second kappa shape index (κ2) is 3.33. The maximum atomic E-state index is 11.4. The molecule has 0 radical (unpaired) electrons. The fourth-order valence-corrected chi connectivity index (χ4v) is 1.69. The number of rotatable bonds is 1. The standard InChI is InChI=1S/C11H13NO2/c1-12-7-8-3-4-10(14-2)5-9(8)6-11(12)13/h3-5H,6-7H2,1-2H3. The summed E-state index contributed by atoms with van der Waals surface area (Å²) in [5.41, 5.74) is 2.31. The number of nitrogens with zero attached hydrogens (tertiary/aromatic N) is 1. The summed E-state index contributed by atoms with van der Waals surface area (Å²) in [6.07, 6.45) is 0.489. The van der Waals surface area contributed by atoms with Crippen LogP contribution in [-0.4, -0.2) is 25.0 Å². The molecule has 0 N–H and O–H groups in total. The summed E-state index contributed by atoms with van der Waals surface area (Å²) in [6.45, 7) is 0.707. The van der Waals surface area contributed by atoms with Crippen molar-refractivity contribution in [1.82, 2.24) is 4.90 Å². The van der Waals surface area contributed by atoms with Gasteiger partial charge in [0.05, 0.1) is 13.5 Å². The minimum atomic E-state index is 0.172. The summed E-state index contributed by atoms with van der Waals surface area (Å²) in [4.78, 5) is 13.2. The van der Waals surface area contributed by atoms with E-state index in [1.54, 1.807) is 12.0 Å². The lowest BCUT2D eigenvalue weighted by Crippen LogP contribution is -2.32. The van der Waals surface area contributed by atoms with Crippen molar-refractivity contribution in [3.8, 4) is 5.75 Å². The van der Waals surface area contributed by atoms with Gasteiger partial charge in [0.1, 0.15) is 5.75 Å². The third kappa shape index (κ3) is 1.45. The molecule has 0 atom stereocenters. The topological polar surface area (TPSA) is 29.5 Å². The lowest BCUT2D eigenvalue weighted by Gasteiger charge is -2.25. The molecule has 0 saturated heterocycles. The van der Waals surface area contributed by atoms with Gasteiger partial charge in [-0.1, -0.05) is 6.07 Å². The highest BCUT2D eigenvalue weighted by Crippen LogP contribution is 2.23. The van der Waals surface area contributed by atoms with Crippen LogP contribution >= 0.6 is 0 Å². The minimum absolute atomic E-state index is 0.172. The Balaban J connectivity index is 2.37. The molecule has 0 fully saturated rings. The zero-order valence-electron chi connectivity index (χ0n) is 8.41. The molecule has 0 spiro atoms. The summed E-state index contributed by atoms with van der Waals surface area (Å²) in [5.74, 6) is 0.992. The number of amides is 1. The SMILES string of the molecule is COc1ccc2c(c1)CC(=O)N(C)C2. The molecule has 0 unspecified atom stereocenters. The van der Waals surface area contributed by atoms with Crippen LogP contribution < -0.4 is 4.74 Å². The van der Waals surface area contributed by atoms with Gasteiger partial charge in [-0.3, -0.25) is 4.79 Å². The minimum Gasteiger partial charge on any atom is -0.497 e. The second-order valence-corrected chi connectivity index (χ2v) is 3.56. The average Bonchev–Trinajstić information content (AvgIpc) is 2.19. The van der Waals surface area contributed by atoms with Crippen LogP contribution in [0.25, 0.3) is 0 Å². The first-order chi connectivity index (χ1) is 6.70. The molecule has 74 valence electrons. The number of carbonyl (C=O) groups excluding carboxylic acids is 1. The molecule has 1 aromatic rings. The third-order valence-corrected chi connectivity index (χ3v) is 2.59. The van der Waals surface area contributed by atoms with E-state index in [-0.39, 0.29) is 5.91 Å². The van der Waals surface area contributed by atoms with Crippen molar-refractivity contribution < 1.29 is 9.53 Å². The van der Waals surface area contributed by atoms with Crippen molar-refractivity contribution in [3.05, 3.63) is 29.3 Å². The fourth-order valence-electron chi connectivity index (χ4n) is 1.69. The van der Waals surface area contributed by atoms with Crippen molar-refractivity contribution in [1.29, 1.82) is 0 Å². The number of ether oxygens (including phenoxy) is 1. The predicted octanol–water partition coefficient (Wildman–Crippen LogP) is 1.21. The number of likely N-dealkylation sites (N-methyl/N-ethyl adjacent to an activating group) is 1. The van der Waals surface area contributed by atoms with Crippen LogP contribution in [0.2, 0.25) is 0 Å². The summed E-state index contributed by atoms with van der Waals surface area (Å²) >= 11 is 0. The molecule has 0 bridgehead atoms. The van der Waals surface area contributed by atoms with E-state index in [1.165, 1.54) is 5.56 Å². The van der Waals surface area contributed by atoms with Gasteiger partial charge < -0.3 is 9.64 Å². The lowest BCUT2D eigenvalue weighted by atomic mass is 9.99. The van der Waals surface area contributed by atoms with Crippen molar-refractivity contribution >= 4 is 5.91 Å². The van der Waals surface area contributed by atoms with Gasteiger partial charge in [0.25, 0.3) is 0 Å². The number of hydrogen-bond donors (Lipinski definition) is 0. The van der Waals surface area contributed by atoms with Crippen LogP contribution in [0.3, 0.4) is 0 Å². The zero-order chi connectivity index (χ0) is 10.1. The Labute approximate surface area is 83.3 Å². The van der Waals surface area contributed by atoms with Gasteiger partial charge in [0, 0.05) is 13.6 Å². The molecule has 0 aliphatic carbocycles. The molecule has 1 heterocycles. The van der Waals surface area contributed by atoms with Crippen LogP contribution in [0.5, 0.6) is 5.75 Å². The van der Waals surface area contributed by atoms with Gasteiger partial charge in [-0.15, -0.1) is 0 Å². The highest BCUT2D eigenvalue weighted by Gasteiger charge is 2.19. The Morgan fingerprint density at radius 3 is 2.86 bits per heavy atom. The van der Waals surface area contributed by atoms with Crippen LogP contribution in [0.15, 0.2) is 18.2 Å². The normalized spacial score (nSPS) is 15.3. The first-order valence-electron chi connectivity index (χ1n) is 4.60. The van der Waals surface area contributed by atoms with Crippen molar-refractivity contribution in [2.45, 2.75) is 13.0 Å². The molecule has 2 rings (SSSR count). The second-order valence-electron chi connectivity index (χ2n) is 3.56. The third-order valence-electron chi connectivity index (χ3n) is 2.59. The van der Waals surface area contributed by atoms with Gasteiger partial charge >= 0.3 is 0 Å². The summed E-state index contributed by atoms with van der Waals surface area (Å²) in [7, 11) is 3.47. The van der Waals surface area contributed by atoms with Crippen molar-refractivity contribution in [3.63, 3.8) is 0 Å². The van der Waals surface area contributed by atoms with Crippen LogP contribution in [0, 0.1) is 0 Å². The van der Waals surface area contributed by atoms with Crippen LogP contribution in [0.1, 0.15) is 11.1 Å². The smallest absolute Gasteiger partial charge is 0.227 e. The Kier molecular flexibility index (Phi) is 2.15. The zero-order valence-corrected chi connectivity index (χ0v) is 8.41. The Morgan fingerprint density at radius 2 is 2.14 bits per heavy atom. The number of carbonyl (C=O) groups is 1. The molecule has 0 aromatic heterocycles. The molecule has 3 nitrogen and oxygen atoms in total. The van der Waals surface area contributed by atoms with E-state index >= 15 is 0 Å². The van der Waals surface area contributed by atoms with E-state index in [0.717, 1.165) is 11.3 Å². The van der Waals surface area contributed by atoms with E-state index in [4.69, 9.17) is 4.74 Å². The summed E-state index contributed by atoms with van der Waals surface area (Å²) in [6, 6.07) is 5.90. The van der Waals surface area contributed by atoms with Gasteiger partial charge in [-0.2, -0.15) is 0 Å². The van der Waals surface area contributed by atoms with E-state index in [1.807, 2.05) is 25.2 Å². The Bertz CT molecular complexity index is 374. The van der Waals surface area contributed by atoms with E-state index in [9.17, 15) is 4.79 Å². The molecule has 1 aliphatic rings. The highest BCUT2D eigenvalue weighted by atomic mass is 16.5. The average molecular weight is 191 g/mol. The quantitative estimate of drug-likeness (QED) is 0.667. The number of methoxy groups -OCH3 is 1. The first kappa shape index (κ1) is 9.06. The fraction of sp³-hybridized carbons (Fsp3) is 0.364. The molecule has 1 aromatic carbocycles. The van der Waals surface area contributed by atoms with Crippen LogP contribution in [-0.2, 0) is 17.8 Å². The Morgan fingerprint density at radius 1 is 1.36 bits per heavy atom. The molecule has 14 heavy (non-hydrogen) atoms. The number of fused-ring (bicyclic) bond motifs is 1. The molecule has 3 heteroatoms. The molecule has 1 amide bonds. The van der Waals surface area contributed by atoms with E-state index in [2.05, 4.69) is 0 Å². The Hall–Kier alpha value is -1.51. The maximum Gasteiger partial charge on any atom is 0.227 e. The molecule has 0 saturated carbocycles. The largest absolute Gasteiger partial charge is 0.497 e. The first-order valence-corrected chi connectivity index (χ1v) is 4.60. The predicted molar refractivity (Wildman–Crippen MR) is 53.2 cm³/mol. The van der Waals surface area contributed by atoms with Crippen LogP contribution in [0.4, 0.5) is 0 Å². The molecule has 1 aliphatic heterocycles. The van der Waals surface area contributed by atoms with Gasteiger partial charge in [0.2, 0.25) is 5.91 Å². The van der Waals surface area contributed by atoms with E-state index < -0.39 is 0 Å². The molecular weight excluding hydrogens is 178 g/mol. The highest BCUT2D eigenvalue weighted by molar-refractivity contribution is 5.80. The monoisotopic (exact) mass is 191 g/mol. The molecular formula is C11H13NO2. The maximum absolute atomic E-state index is 11.4. The summed E-state index contributed by atoms with van der Waals surface area (Å²) < 4.78 is 5.12.